The molecule has 6 nitrogen and oxygen atoms in total. The lowest BCUT2D eigenvalue weighted by molar-refractivity contribution is 0.364. The number of allylic oxidation sites excluding steroid dienone is 1. The first-order valence-corrected chi connectivity index (χ1v) is 8.18. The summed E-state index contributed by atoms with van der Waals surface area (Å²) in [4.78, 5) is 6.29. The minimum Gasteiger partial charge on any atom is -0.352 e. The fraction of sp³-hybridized carbons (Fsp3) is 0.357. The van der Waals surface area contributed by atoms with Crippen molar-refractivity contribution in [1.29, 1.82) is 5.41 Å². The molecule has 1 unspecified atom stereocenters. The van der Waals surface area contributed by atoms with E-state index in [1.807, 2.05) is 17.2 Å². The lowest BCUT2D eigenvalue weighted by Gasteiger charge is -2.14. The molecule has 1 fully saturated rings. The molecular formula is C14H17FN6S. The van der Waals surface area contributed by atoms with Crippen LogP contribution in [0.1, 0.15) is 12.0 Å². The van der Waals surface area contributed by atoms with E-state index >= 15 is 0 Å². The first kappa shape index (κ1) is 14.8. The molecule has 0 aliphatic carbocycles. The van der Waals surface area contributed by atoms with Crippen molar-refractivity contribution in [1.82, 2.24) is 19.9 Å². The Kier molecular flexibility index (Phi) is 4.28. The predicted molar refractivity (Wildman–Crippen MR) is 89.0 cm³/mol. The molecule has 3 rings (SSSR count). The summed E-state index contributed by atoms with van der Waals surface area (Å²) in [5, 5.41) is 15.6. The summed E-state index contributed by atoms with van der Waals surface area (Å²) >= 11 is 1.45. The van der Waals surface area contributed by atoms with Crippen molar-refractivity contribution in [2.45, 2.75) is 12.6 Å². The zero-order valence-corrected chi connectivity index (χ0v) is 13.0. The quantitative estimate of drug-likeness (QED) is 0.582. The molecule has 3 heterocycles. The number of H-pyrrole nitrogens is 1. The molecule has 0 spiro atoms. The minimum atomic E-state index is -0.800. The molecule has 0 bridgehead atoms. The number of hydrogen-bond donors (Lipinski definition) is 3. The van der Waals surface area contributed by atoms with Crippen LogP contribution in [-0.2, 0) is 0 Å². The number of anilines is 1. The number of aromatic amines is 1. The number of nitrogens with zero attached hydrogens (tertiary/aromatic N) is 3. The molecule has 0 saturated carbocycles. The largest absolute Gasteiger partial charge is 0.352 e. The molecule has 8 heteroatoms. The molecule has 1 atom stereocenters. The summed E-state index contributed by atoms with van der Waals surface area (Å²) < 4.78 is 16.4. The highest BCUT2D eigenvalue weighted by Gasteiger charge is 2.25. The number of rotatable bonds is 5. The van der Waals surface area contributed by atoms with Gasteiger partial charge >= 0.3 is 0 Å². The van der Waals surface area contributed by atoms with Crippen molar-refractivity contribution in [3.05, 3.63) is 24.0 Å². The molecular weight excluding hydrogens is 303 g/mol. The van der Waals surface area contributed by atoms with Gasteiger partial charge in [0.25, 0.3) is 0 Å². The van der Waals surface area contributed by atoms with Crippen molar-refractivity contribution in [2.75, 3.05) is 24.2 Å². The van der Waals surface area contributed by atoms with Crippen LogP contribution < -0.4 is 9.62 Å². The SMILES string of the molecule is CSN/C=C(\C=N)c1cnc2[nH]nc(N3CCC(F)C3)c2c1. The summed E-state index contributed by atoms with van der Waals surface area (Å²) in [5.74, 6) is 0.728. The number of alkyl halides is 1. The lowest BCUT2D eigenvalue weighted by atomic mass is 10.1. The molecule has 0 amide bonds. The van der Waals surface area contributed by atoms with Crippen LogP contribution in [0.25, 0.3) is 16.6 Å². The molecule has 22 heavy (non-hydrogen) atoms. The molecule has 0 aromatic carbocycles. The van der Waals surface area contributed by atoms with Gasteiger partial charge in [-0.1, -0.05) is 11.9 Å². The zero-order valence-electron chi connectivity index (χ0n) is 12.1. The van der Waals surface area contributed by atoms with Gasteiger partial charge < -0.3 is 15.0 Å². The van der Waals surface area contributed by atoms with Crippen LogP contribution in [-0.4, -0.2) is 46.9 Å². The maximum atomic E-state index is 13.4. The smallest absolute Gasteiger partial charge is 0.160 e. The van der Waals surface area contributed by atoms with E-state index in [9.17, 15) is 4.39 Å². The van der Waals surface area contributed by atoms with Crippen LogP contribution in [0.3, 0.4) is 0 Å². The number of pyridine rings is 1. The standard InChI is InChI=1S/C14H17FN6S/c1-22-18-7-10(5-16)9-4-12-13(17-6-9)19-20-14(12)21-3-2-11(15)8-21/h4-7,11,16,18H,2-3,8H2,1H3,(H,17,19,20)/b10-7+,16-5?. The Morgan fingerprint density at radius 1 is 1.64 bits per heavy atom. The number of nitrogens with one attached hydrogen (secondary N) is 3. The first-order valence-electron chi connectivity index (χ1n) is 6.95. The predicted octanol–water partition coefficient (Wildman–Crippen LogP) is 2.36. The molecule has 2 aromatic heterocycles. The van der Waals surface area contributed by atoms with Gasteiger partial charge in [-0.25, -0.2) is 9.37 Å². The molecule has 1 saturated heterocycles. The van der Waals surface area contributed by atoms with Crippen LogP contribution in [0.2, 0.25) is 0 Å². The number of halogens is 1. The van der Waals surface area contributed by atoms with E-state index in [2.05, 4.69) is 19.9 Å². The Morgan fingerprint density at radius 2 is 2.50 bits per heavy atom. The summed E-state index contributed by atoms with van der Waals surface area (Å²) in [6.45, 7) is 1.03. The van der Waals surface area contributed by atoms with Crippen molar-refractivity contribution >= 4 is 40.6 Å². The van der Waals surface area contributed by atoms with Gasteiger partial charge in [0.15, 0.2) is 11.5 Å². The Morgan fingerprint density at radius 3 is 3.18 bits per heavy atom. The Hall–Kier alpha value is -2.09. The lowest BCUT2D eigenvalue weighted by Crippen LogP contribution is -2.20. The van der Waals surface area contributed by atoms with Gasteiger partial charge in [0, 0.05) is 42.5 Å². The van der Waals surface area contributed by atoms with Gasteiger partial charge in [0.1, 0.15) is 6.17 Å². The second-order valence-corrected chi connectivity index (χ2v) is 5.71. The highest BCUT2D eigenvalue weighted by Crippen LogP contribution is 2.28. The third-order valence-corrected chi connectivity index (χ3v) is 4.00. The highest BCUT2D eigenvalue weighted by atomic mass is 32.2. The molecule has 1 aliphatic rings. The van der Waals surface area contributed by atoms with E-state index in [0.717, 1.165) is 22.3 Å². The first-order chi connectivity index (χ1) is 10.7. The number of hydrogen-bond acceptors (Lipinski definition) is 6. The Bertz CT molecular complexity index is 712. The normalized spacial score (nSPS) is 18.9. The molecule has 0 radical (unpaired) electrons. The maximum absolute atomic E-state index is 13.4. The Labute approximate surface area is 131 Å². The average Bonchev–Trinajstić information content (AvgIpc) is 3.13. The molecule has 3 N–H and O–H groups in total. The summed E-state index contributed by atoms with van der Waals surface area (Å²) in [6, 6.07) is 1.94. The van der Waals surface area contributed by atoms with Crippen LogP contribution in [0.4, 0.5) is 10.2 Å². The van der Waals surface area contributed by atoms with E-state index in [4.69, 9.17) is 5.41 Å². The Balaban J connectivity index is 1.99. The molecule has 2 aromatic rings. The van der Waals surface area contributed by atoms with Crippen LogP contribution in [0.5, 0.6) is 0 Å². The summed E-state index contributed by atoms with van der Waals surface area (Å²) in [5.41, 5.74) is 2.21. The topological polar surface area (TPSA) is 80.7 Å². The molecule has 116 valence electrons. The monoisotopic (exact) mass is 320 g/mol. The van der Waals surface area contributed by atoms with E-state index in [-0.39, 0.29) is 0 Å². The second kappa shape index (κ2) is 6.35. The fourth-order valence-electron chi connectivity index (χ4n) is 2.53. The van der Waals surface area contributed by atoms with Crippen molar-refractivity contribution in [3.63, 3.8) is 0 Å². The van der Waals surface area contributed by atoms with E-state index in [1.54, 1.807) is 12.4 Å². The van der Waals surface area contributed by atoms with Crippen LogP contribution in [0.15, 0.2) is 18.5 Å². The minimum absolute atomic E-state index is 0.367. The zero-order chi connectivity index (χ0) is 15.5. The van der Waals surface area contributed by atoms with Crippen LogP contribution >= 0.6 is 11.9 Å². The number of fused-ring (bicyclic) bond motifs is 1. The average molecular weight is 320 g/mol. The van der Waals surface area contributed by atoms with Gasteiger partial charge in [0.2, 0.25) is 0 Å². The van der Waals surface area contributed by atoms with Crippen LogP contribution in [0, 0.1) is 5.41 Å². The molecule has 1 aliphatic heterocycles. The third-order valence-electron chi connectivity index (χ3n) is 3.65. The maximum Gasteiger partial charge on any atom is 0.160 e. The fourth-order valence-corrected chi connectivity index (χ4v) is 2.77. The summed E-state index contributed by atoms with van der Waals surface area (Å²) in [6.07, 6.45) is 6.38. The summed E-state index contributed by atoms with van der Waals surface area (Å²) in [7, 11) is 0. The van der Waals surface area contributed by atoms with Crippen molar-refractivity contribution in [3.8, 4) is 0 Å². The van der Waals surface area contributed by atoms with E-state index in [0.29, 0.717) is 25.2 Å². The van der Waals surface area contributed by atoms with E-state index in [1.165, 1.54) is 18.2 Å². The van der Waals surface area contributed by atoms with E-state index < -0.39 is 6.17 Å². The number of aromatic nitrogens is 3. The van der Waals surface area contributed by atoms with Gasteiger partial charge in [-0.2, -0.15) is 5.10 Å². The van der Waals surface area contributed by atoms with Crippen molar-refractivity contribution in [2.24, 2.45) is 0 Å². The van der Waals surface area contributed by atoms with Gasteiger partial charge in [-0.05, 0) is 12.5 Å². The third kappa shape index (κ3) is 2.78. The van der Waals surface area contributed by atoms with Gasteiger partial charge in [-0.15, -0.1) is 0 Å². The van der Waals surface area contributed by atoms with Gasteiger partial charge in [0.05, 0.1) is 11.9 Å². The second-order valence-electron chi connectivity index (χ2n) is 5.07. The van der Waals surface area contributed by atoms with Gasteiger partial charge in [-0.3, -0.25) is 5.10 Å². The highest BCUT2D eigenvalue weighted by molar-refractivity contribution is 7.96. The van der Waals surface area contributed by atoms with Crippen molar-refractivity contribution < 1.29 is 4.39 Å².